The largest absolute Gasteiger partial charge is 0.351 e. The third-order valence-corrected chi connectivity index (χ3v) is 4.45. The Bertz CT molecular complexity index is 738. The van der Waals surface area contributed by atoms with Crippen molar-refractivity contribution in [2.75, 3.05) is 11.4 Å². The number of rotatable bonds is 2. The predicted octanol–water partition coefficient (Wildman–Crippen LogP) is 2.31. The van der Waals surface area contributed by atoms with Gasteiger partial charge in [-0.15, -0.1) is 4.99 Å². The summed E-state index contributed by atoms with van der Waals surface area (Å²) in [4.78, 5) is 12.2. The lowest BCUT2D eigenvalue weighted by atomic mass is 10.2. The zero-order chi connectivity index (χ0) is 14.1. The molecule has 0 saturated carbocycles. The van der Waals surface area contributed by atoms with Crippen molar-refractivity contribution < 1.29 is 0 Å². The molecule has 0 unspecified atom stereocenters. The molecule has 5 nitrogen and oxygen atoms in total. The molecule has 0 fully saturated rings. The summed E-state index contributed by atoms with van der Waals surface area (Å²) in [5.41, 5.74) is 1.12. The Hall–Kier alpha value is -1.84. The minimum Gasteiger partial charge on any atom is -0.351 e. The molecule has 1 aliphatic rings. The summed E-state index contributed by atoms with van der Waals surface area (Å²) in [6, 6.07) is 3.79. The van der Waals surface area contributed by atoms with E-state index in [0.717, 1.165) is 35.8 Å². The Balaban J connectivity index is 1.92. The van der Waals surface area contributed by atoms with Gasteiger partial charge in [0.05, 0.1) is 0 Å². The second kappa shape index (κ2) is 5.27. The van der Waals surface area contributed by atoms with E-state index in [1.54, 1.807) is 23.6 Å². The van der Waals surface area contributed by atoms with Crippen molar-refractivity contribution in [3.8, 4) is 6.19 Å². The smallest absolute Gasteiger partial charge is 0.208 e. The summed E-state index contributed by atoms with van der Waals surface area (Å²) < 4.78 is 2.10. The molecule has 0 radical (unpaired) electrons. The van der Waals surface area contributed by atoms with Gasteiger partial charge in [0.1, 0.15) is 11.0 Å². The van der Waals surface area contributed by atoms with Crippen LogP contribution in [-0.4, -0.2) is 16.1 Å². The molecule has 0 atom stereocenters. The molecule has 0 amide bonds. The monoisotopic (exact) mass is 305 g/mol. The highest BCUT2D eigenvalue weighted by molar-refractivity contribution is 7.09. The van der Waals surface area contributed by atoms with Gasteiger partial charge >= 0.3 is 0 Å². The number of hydrogen-bond acceptors (Lipinski definition) is 5. The van der Waals surface area contributed by atoms with Gasteiger partial charge in [0.25, 0.3) is 0 Å². The van der Waals surface area contributed by atoms with E-state index in [4.69, 9.17) is 16.9 Å². The summed E-state index contributed by atoms with van der Waals surface area (Å²) >= 11 is 7.36. The van der Waals surface area contributed by atoms with Crippen LogP contribution in [-0.2, 0) is 13.1 Å². The fourth-order valence-corrected chi connectivity index (χ4v) is 3.53. The van der Waals surface area contributed by atoms with E-state index in [2.05, 4.69) is 26.4 Å². The van der Waals surface area contributed by atoms with Crippen LogP contribution in [0.4, 0.5) is 5.82 Å². The first kappa shape index (κ1) is 13.2. The average Bonchev–Trinajstić information content (AvgIpc) is 2.97. The first-order valence-corrected chi connectivity index (χ1v) is 7.37. The molecule has 3 rings (SSSR count). The zero-order valence-corrected chi connectivity index (χ0v) is 12.4. The van der Waals surface area contributed by atoms with Crippen LogP contribution in [0.5, 0.6) is 0 Å². The Morgan fingerprint density at radius 2 is 2.35 bits per heavy atom. The lowest BCUT2D eigenvalue weighted by Crippen LogP contribution is -2.20. The summed E-state index contributed by atoms with van der Waals surface area (Å²) in [5, 5.41) is 9.24. The minimum atomic E-state index is 0.507. The van der Waals surface area contributed by atoms with E-state index < -0.39 is 0 Å². The van der Waals surface area contributed by atoms with E-state index in [1.807, 2.05) is 12.3 Å². The minimum absolute atomic E-state index is 0.507. The molecule has 0 saturated heterocycles. The van der Waals surface area contributed by atoms with Gasteiger partial charge < -0.3 is 9.47 Å². The third kappa shape index (κ3) is 2.30. The molecular formula is C13H12ClN5S. The van der Waals surface area contributed by atoms with Gasteiger partial charge in [0, 0.05) is 30.7 Å². The highest BCUT2D eigenvalue weighted by Crippen LogP contribution is 2.28. The van der Waals surface area contributed by atoms with E-state index in [9.17, 15) is 0 Å². The van der Waals surface area contributed by atoms with Gasteiger partial charge in [-0.2, -0.15) is 5.26 Å². The molecule has 0 aliphatic carbocycles. The standard InChI is InChI=1S/C13H12ClN5S/c1-9-12-18(7-10-2-3-11(14)16-6-10)4-5-19(12)13(20-9)17-8-15/h2-3,6H,4-5,7H2,1H3. The van der Waals surface area contributed by atoms with Gasteiger partial charge in [-0.3, -0.25) is 0 Å². The fraction of sp³-hybridized carbons (Fsp3) is 0.308. The topological polar surface area (TPSA) is 57.2 Å². The number of nitrogens with zero attached hydrogens (tertiary/aromatic N) is 5. The zero-order valence-electron chi connectivity index (χ0n) is 10.9. The van der Waals surface area contributed by atoms with Gasteiger partial charge in [-0.1, -0.05) is 29.0 Å². The van der Waals surface area contributed by atoms with Gasteiger partial charge in [-0.25, -0.2) is 4.98 Å². The molecule has 0 N–H and O–H groups in total. The molecule has 7 heteroatoms. The van der Waals surface area contributed by atoms with Crippen LogP contribution in [0.25, 0.3) is 0 Å². The Kier molecular flexibility index (Phi) is 3.47. The second-order valence-corrected chi connectivity index (χ2v) is 6.11. The number of fused-ring (bicyclic) bond motifs is 1. The lowest BCUT2D eigenvalue weighted by Gasteiger charge is -2.17. The predicted molar refractivity (Wildman–Crippen MR) is 78.5 cm³/mol. The summed E-state index contributed by atoms with van der Waals surface area (Å²) in [5.74, 6) is 1.15. The Morgan fingerprint density at radius 1 is 1.50 bits per heavy atom. The number of hydrogen-bond donors (Lipinski definition) is 0. The van der Waals surface area contributed by atoms with E-state index >= 15 is 0 Å². The van der Waals surface area contributed by atoms with Crippen molar-refractivity contribution in [1.29, 1.82) is 5.26 Å². The highest BCUT2D eigenvalue weighted by atomic mass is 35.5. The molecule has 102 valence electrons. The first-order valence-electron chi connectivity index (χ1n) is 6.17. The molecule has 2 aromatic heterocycles. The lowest BCUT2D eigenvalue weighted by molar-refractivity contribution is 0.752. The van der Waals surface area contributed by atoms with Crippen LogP contribution in [0, 0.1) is 18.4 Å². The van der Waals surface area contributed by atoms with Crippen LogP contribution in [0.15, 0.2) is 23.3 Å². The maximum absolute atomic E-state index is 8.73. The second-order valence-electron chi connectivity index (χ2n) is 4.54. The van der Waals surface area contributed by atoms with Crippen molar-refractivity contribution in [3.63, 3.8) is 0 Å². The van der Waals surface area contributed by atoms with E-state index in [-0.39, 0.29) is 0 Å². The highest BCUT2D eigenvalue weighted by Gasteiger charge is 2.23. The summed E-state index contributed by atoms with van der Waals surface area (Å²) in [7, 11) is 0. The van der Waals surface area contributed by atoms with Crippen LogP contribution >= 0.6 is 22.9 Å². The van der Waals surface area contributed by atoms with Crippen molar-refractivity contribution in [1.82, 2.24) is 9.55 Å². The van der Waals surface area contributed by atoms with Gasteiger partial charge in [0.15, 0.2) is 0 Å². The van der Waals surface area contributed by atoms with Crippen molar-refractivity contribution in [2.45, 2.75) is 20.0 Å². The number of halogens is 1. The molecule has 0 spiro atoms. The molecule has 0 aromatic carbocycles. The van der Waals surface area contributed by atoms with Crippen LogP contribution in [0.3, 0.4) is 0 Å². The molecule has 0 bridgehead atoms. The molecule has 1 aliphatic heterocycles. The Morgan fingerprint density at radius 3 is 3.05 bits per heavy atom. The number of anilines is 1. The SMILES string of the molecule is Cc1sc(=NC#N)n2c1N(Cc1ccc(Cl)nc1)CC2. The molecule has 3 heterocycles. The average molecular weight is 306 g/mol. The first-order chi connectivity index (χ1) is 9.69. The number of pyridine rings is 1. The maximum Gasteiger partial charge on any atom is 0.208 e. The summed E-state index contributed by atoms with van der Waals surface area (Å²) in [6.45, 7) is 4.63. The van der Waals surface area contributed by atoms with Crippen molar-refractivity contribution in [3.05, 3.63) is 38.7 Å². The maximum atomic E-state index is 8.73. The van der Waals surface area contributed by atoms with Crippen molar-refractivity contribution >= 4 is 28.8 Å². The number of nitriles is 1. The quantitative estimate of drug-likeness (QED) is 0.632. The third-order valence-electron chi connectivity index (χ3n) is 3.25. The molecular weight excluding hydrogens is 294 g/mol. The number of aromatic nitrogens is 2. The Labute approximate surface area is 125 Å². The van der Waals surface area contributed by atoms with Gasteiger partial charge in [-0.05, 0) is 18.6 Å². The van der Waals surface area contributed by atoms with Gasteiger partial charge in [0.2, 0.25) is 11.0 Å². The number of thiazole rings is 1. The fourth-order valence-electron chi connectivity index (χ4n) is 2.44. The molecule has 20 heavy (non-hydrogen) atoms. The van der Waals surface area contributed by atoms with E-state index in [0.29, 0.717) is 5.15 Å². The normalized spacial score (nSPS) is 14.4. The summed E-state index contributed by atoms with van der Waals surface area (Å²) in [6.07, 6.45) is 3.67. The number of aryl methyl sites for hydroxylation is 1. The van der Waals surface area contributed by atoms with Crippen LogP contribution in [0.2, 0.25) is 5.15 Å². The van der Waals surface area contributed by atoms with Crippen LogP contribution < -0.4 is 9.70 Å². The van der Waals surface area contributed by atoms with Crippen molar-refractivity contribution in [2.24, 2.45) is 4.99 Å². The van der Waals surface area contributed by atoms with Crippen LogP contribution in [0.1, 0.15) is 10.4 Å². The van der Waals surface area contributed by atoms with E-state index in [1.165, 1.54) is 4.88 Å². The molecule has 2 aromatic rings.